The number of para-hydroxylation sites is 1. The maximum absolute atomic E-state index is 4.88. The first-order valence-corrected chi connectivity index (χ1v) is 9.35. The fourth-order valence-corrected chi connectivity index (χ4v) is 4.06. The monoisotopic (exact) mass is 325 g/mol. The number of benzene rings is 1. The Kier molecular flexibility index (Phi) is 4.52. The summed E-state index contributed by atoms with van der Waals surface area (Å²) in [5.41, 5.74) is 1.04. The van der Waals surface area contributed by atoms with Crippen molar-refractivity contribution < 1.29 is 0 Å². The molecular weight excluding hydrogens is 298 g/mol. The second-order valence-electron chi connectivity index (χ2n) is 6.89. The molecule has 1 aromatic heterocycles. The highest BCUT2D eigenvalue weighted by Gasteiger charge is 2.23. The van der Waals surface area contributed by atoms with Crippen LogP contribution >= 0.6 is 0 Å². The van der Waals surface area contributed by atoms with E-state index < -0.39 is 0 Å². The highest BCUT2D eigenvalue weighted by Crippen LogP contribution is 2.28. The summed E-state index contributed by atoms with van der Waals surface area (Å²) < 4.78 is 0. The van der Waals surface area contributed by atoms with Gasteiger partial charge in [0, 0.05) is 31.1 Å². The number of aromatic nitrogens is 2. The molecule has 5 nitrogen and oxygen atoms in total. The molecule has 0 aliphatic carbocycles. The van der Waals surface area contributed by atoms with Crippen molar-refractivity contribution in [2.75, 3.05) is 42.9 Å². The van der Waals surface area contributed by atoms with Gasteiger partial charge in [-0.25, -0.2) is 4.98 Å². The molecule has 1 aromatic carbocycles. The zero-order chi connectivity index (χ0) is 16.4. The van der Waals surface area contributed by atoms with Gasteiger partial charge in [0.1, 0.15) is 5.82 Å². The predicted octanol–water partition coefficient (Wildman–Crippen LogP) is 3.13. The van der Waals surface area contributed by atoms with Crippen molar-refractivity contribution in [3.05, 3.63) is 24.3 Å². The van der Waals surface area contributed by atoms with Crippen molar-refractivity contribution in [3.63, 3.8) is 0 Å². The van der Waals surface area contributed by atoms with E-state index in [0.717, 1.165) is 43.5 Å². The predicted molar refractivity (Wildman–Crippen MR) is 99.7 cm³/mol. The molecule has 1 unspecified atom stereocenters. The van der Waals surface area contributed by atoms with E-state index >= 15 is 0 Å². The van der Waals surface area contributed by atoms with Gasteiger partial charge in [0.25, 0.3) is 0 Å². The van der Waals surface area contributed by atoms with Crippen molar-refractivity contribution in [3.8, 4) is 0 Å². The van der Waals surface area contributed by atoms with Crippen LogP contribution in [0.4, 0.5) is 11.8 Å². The Morgan fingerprint density at radius 3 is 2.75 bits per heavy atom. The molecule has 1 atom stereocenters. The van der Waals surface area contributed by atoms with Crippen LogP contribution in [0.1, 0.15) is 32.6 Å². The molecule has 0 saturated carbocycles. The summed E-state index contributed by atoms with van der Waals surface area (Å²) in [6, 6.07) is 8.98. The van der Waals surface area contributed by atoms with Gasteiger partial charge in [-0.15, -0.1) is 0 Å². The molecule has 0 bridgehead atoms. The van der Waals surface area contributed by atoms with Crippen LogP contribution in [0.5, 0.6) is 0 Å². The van der Waals surface area contributed by atoms with Crippen molar-refractivity contribution >= 4 is 22.7 Å². The Morgan fingerprint density at radius 2 is 1.92 bits per heavy atom. The van der Waals surface area contributed by atoms with E-state index in [1.54, 1.807) is 0 Å². The van der Waals surface area contributed by atoms with E-state index in [1.807, 2.05) is 0 Å². The maximum atomic E-state index is 4.88. The lowest BCUT2D eigenvalue weighted by atomic mass is 10.2. The molecular formula is C19H27N5. The summed E-state index contributed by atoms with van der Waals surface area (Å²) in [5.74, 6) is 1.87. The number of hydrogen-bond acceptors (Lipinski definition) is 5. The molecule has 2 aliphatic rings. The van der Waals surface area contributed by atoms with Crippen molar-refractivity contribution in [2.24, 2.45) is 0 Å². The van der Waals surface area contributed by atoms with E-state index in [-0.39, 0.29) is 0 Å². The molecule has 2 aromatic rings. The summed E-state index contributed by atoms with van der Waals surface area (Å²) in [6.07, 6.45) is 5.09. The lowest BCUT2D eigenvalue weighted by Crippen LogP contribution is -2.35. The number of likely N-dealkylation sites (N-methyl/N-ethyl adjacent to an activating group) is 1. The SMILES string of the molecule is CCN1CCCC1CNc1nc(N2CCCC2)c2ccccc2n1. The topological polar surface area (TPSA) is 44.3 Å². The lowest BCUT2D eigenvalue weighted by molar-refractivity contribution is 0.277. The maximum Gasteiger partial charge on any atom is 0.225 e. The number of likely N-dealkylation sites (tertiary alicyclic amines) is 1. The van der Waals surface area contributed by atoms with Gasteiger partial charge >= 0.3 is 0 Å². The second kappa shape index (κ2) is 6.93. The third kappa shape index (κ3) is 3.05. The third-order valence-electron chi connectivity index (χ3n) is 5.39. The summed E-state index contributed by atoms with van der Waals surface area (Å²) >= 11 is 0. The zero-order valence-electron chi connectivity index (χ0n) is 14.5. The zero-order valence-corrected chi connectivity index (χ0v) is 14.5. The quantitative estimate of drug-likeness (QED) is 0.915. The fourth-order valence-electron chi connectivity index (χ4n) is 4.06. The minimum absolute atomic E-state index is 0.611. The molecule has 0 radical (unpaired) electrons. The normalized spacial score (nSPS) is 21.7. The molecule has 24 heavy (non-hydrogen) atoms. The first kappa shape index (κ1) is 15.6. The molecule has 2 saturated heterocycles. The van der Waals surface area contributed by atoms with Crippen LogP contribution in [0.15, 0.2) is 24.3 Å². The Hall–Kier alpha value is -1.88. The van der Waals surface area contributed by atoms with Crippen LogP contribution in [0.2, 0.25) is 0 Å². The Balaban J connectivity index is 1.58. The molecule has 2 aliphatic heterocycles. The van der Waals surface area contributed by atoms with Gasteiger partial charge in [0.05, 0.1) is 5.52 Å². The summed E-state index contributed by atoms with van der Waals surface area (Å²) in [5, 5.41) is 4.68. The minimum Gasteiger partial charge on any atom is -0.356 e. The van der Waals surface area contributed by atoms with Crippen LogP contribution in [0, 0.1) is 0 Å². The largest absolute Gasteiger partial charge is 0.356 e. The van der Waals surface area contributed by atoms with E-state index in [2.05, 4.69) is 46.3 Å². The standard InChI is InChI=1S/C19H27N5/c1-2-23-13-7-8-15(23)14-20-19-21-17-10-4-3-9-16(17)18(22-19)24-11-5-6-12-24/h3-4,9-10,15H,2,5-8,11-14H2,1H3,(H,20,21,22). The van der Waals surface area contributed by atoms with Crippen LogP contribution in [0.3, 0.4) is 0 Å². The second-order valence-corrected chi connectivity index (χ2v) is 6.89. The lowest BCUT2D eigenvalue weighted by Gasteiger charge is -2.24. The fraction of sp³-hybridized carbons (Fsp3) is 0.579. The number of nitrogens with one attached hydrogen (secondary N) is 1. The molecule has 0 amide bonds. The van der Waals surface area contributed by atoms with E-state index in [0.29, 0.717) is 6.04 Å². The molecule has 1 N–H and O–H groups in total. The minimum atomic E-state index is 0.611. The van der Waals surface area contributed by atoms with Crippen LogP contribution in [-0.4, -0.2) is 53.6 Å². The highest BCUT2D eigenvalue weighted by atomic mass is 15.3. The van der Waals surface area contributed by atoms with Crippen molar-refractivity contribution in [1.29, 1.82) is 0 Å². The first-order valence-electron chi connectivity index (χ1n) is 9.35. The average Bonchev–Trinajstić information content (AvgIpc) is 3.30. The summed E-state index contributed by atoms with van der Waals surface area (Å²) in [6.45, 7) is 7.74. The van der Waals surface area contributed by atoms with Crippen LogP contribution in [0.25, 0.3) is 10.9 Å². The molecule has 2 fully saturated rings. The van der Waals surface area contributed by atoms with Gasteiger partial charge in [0.15, 0.2) is 0 Å². The van der Waals surface area contributed by atoms with Gasteiger partial charge in [-0.3, -0.25) is 4.90 Å². The highest BCUT2D eigenvalue weighted by molar-refractivity contribution is 5.90. The Bertz CT molecular complexity index is 695. The van der Waals surface area contributed by atoms with Gasteiger partial charge in [-0.2, -0.15) is 4.98 Å². The van der Waals surface area contributed by atoms with Gasteiger partial charge in [0.2, 0.25) is 5.95 Å². The molecule has 5 heteroatoms. The molecule has 4 rings (SSSR count). The molecule has 3 heterocycles. The number of rotatable bonds is 5. The Labute approximate surface area is 144 Å². The van der Waals surface area contributed by atoms with Crippen molar-refractivity contribution in [2.45, 2.75) is 38.6 Å². The average molecular weight is 325 g/mol. The summed E-state index contributed by atoms with van der Waals surface area (Å²) in [7, 11) is 0. The van der Waals surface area contributed by atoms with E-state index in [1.165, 1.54) is 37.6 Å². The third-order valence-corrected chi connectivity index (χ3v) is 5.39. The molecule has 0 spiro atoms. The molecule has 128 valence electrons. The van der Waals surface area contributed by atoms with Crippen LogP contribution < -0.4 is 10.2 Å². The van der Waals surface area contributed by atoms with Crippen LogP contribution in [-0.2, 0) is 0 Å². The number of anilines is 2. The van der Waals surface area contributed by atoms with E-state index in [9.17, 15) is 0 Å². The van der Waals surface area contributed by atoms with Gasteiger partial charge in [-0.05, 0) is 50.9 Å². The van der Waals surface area contributed by atoms with Crippen molar-refractivity contribution in [1.82, 2.24) is 14.9 Å². The smallest absolute Gasteiger partial charge is 0.225 e. The van der Waals surface area contributed by atoms with Gasteiger partial charge in [-0.1, -0.05) is 19.1 Å². The number of nitrogens with zero attached hydrogens (tertiary/aromatic N) is 4. The Morgan fingerprint density at radius 1 is 1.08 bits per heavy atom. The summed E-state index contributed by atoms with van der Waals surface area (Å²) in [4.78, 5) is 14.6. The first-order chi connectivity index (χ1) is 11.8. The van der Waals surface area contributed by atoms with E-state index in [4.69, 9.17) is 9.97 Å². The number of fused-ring (bicyclic) bond motifs is 1. The number of hydrogen-bond donors (Lipinski definition) is 1. The van der Waals surface area contributed by atoms with Gasteiger partial charge < -0.3 is 10.2 Å².